The summed E-state index contributed by atoms with van der Waals surface area (Å²) in [5.41, 5.74) is 5.09. The number of ether oxygens (including phenoxy) is 1. The molecule has 1 atom stereocenters. The number of carbonyl (C=O) groups is 1. The summed E-state index contributed by atoms with van der Waals surface area (Å²) in [4.78, 5) is 19.0. The highest BCUT2D eigenvalue weighted by atomic mass is 19.4. The number of primary amides is 1. The lowest BCUT2D eigenvalue weighted by Crippen LogP contribution is -2.19. The van der Waals surface area contributed by atoms with Crippen LogP contribution in [0.5, 0.6) is 0 Å². The third-order valence-electron chi connectivity index (χ3n) is 3.84. The Morgan fingerprint density at radius 2 is 2.08 bits per heavy atom. The van der Waals surface area contributed by atoms with E-state index in [-0.39, 0.29) is 23.8 Å². The monoisotopic (exact) mass is 357 g/mol. The van der Waals surface area contributed by atoms with E-state index in [0.717, 1.165) is 12.3 Å². The van der Waals surface area contributed by atoms with Crippen molar-refractivity contribution in [2.24, 2.45) is 5.73 Å². The van der Waals surface area contributed by atoms with Gasteiger partial charge >= 0.3 is 12.3 Å². The number of oxazole rings is 1. The summed E-state index contributed by atoms with van der Waals surface area (Å²) >= 11 is 0. The average Bonchev–Trinajstić information content (AvgIpc) is 2.86. The Hall–Kier alpha value is -2.58. The van der Waals surface area contributed by atoms with Crippen LogP contribution in [0.3, 0.4) is 0 Å². The second kappa shape index (κ2) is 7.12. The average molecular weight is 357 g/mol. The minimum Gasteiger partial charge on any atom is -0.449 e. The summed E-state index contributed by atoms with van der Waals surface area (Å²) in [7, 11) is 0. The van der Waals surface area contributed by atoms with Gasteiger partial charge in [-0.3, -0.25) is 4.98 Å². The standard InChI is InChI=1S/C16H18F3N3O3/c1-4-10(7-24-15(20)23)12-5-11(16(17,18)19)6-21-13(12)14-22-8(2)9(3)25-14/h5-6,10H,4,7H2,1-3H3,(H2,20,23). The molecule has 0 saturated heterocycles. The second-order valence-electron chi connectivity index (χ2n) is 5.56. The third-order valence-corrected chi connectivity index (χ3v) is 3.84. The number of nitrogens with zero attached hydrogens (tertiary/aromatic N) is 2. The lowest BCUT2D eigenvalue weighted by Gasteiger charge is -2.18. The predicted molar refractivity (Wildman–Crippen MR) is 82.8 cm³/mol. The van der Waals surface area contributed by atoms with E-state index in [4.69, 9.17) is 14.9 Å². The van der Waals surface area contributed by atoms with Gasteiger partial charge in [0.15, 0.2) is 0 Å². The lowest BCUT2D eigenvalue weighted by atomic mass is 9.94. The van der Waals surface area contributed by atoms with Crippen LogP contribution >= 0.6 is 0 Å². The molecule has 0 aliphatic rings. The summed E-state index contributed by atoms with van der Waals surface area (Å²) in [6.07, 6.45) is -4.41. The number of rotatable bonds is 5. The summed E-state index contributed by atoms with van der Waals surface area (Å²) < 4.78 is 49.5. The molecule has 25 heavy (non-hydrogen) atoms. The third kappa shape index (κ3) is 4.28. The van der Waals surface area contributed by atoms with Gasteiger partial charge in [-0.2, -0.15) is 13.2 Å². The SMILES string of the molecule is CCC(COC(N)=O)c1cc(C(F)(F)F)cnc1-c1nc(C)c(C)o1. The van der Waals surface area contributed by atoms with Crippen LogP contribution in [-0.2, 0) is 10.9 Å². The zero-order chi connectivity index (χ0) is 18.8. The highest BCUT2D eigenvalue weighted by molar-refractivity contribution is 5.64. The molecule has 2 N–H and O–H groups in total. The van der Waals surface area contributed by atoms with Gasteiger partial charge in [0.05, 0.1) is 11.3 Å². The van der Waals surface area contributed by atoms with Gasteiger partial charge in [0.2, 0.25) is 5.89 Å². The first kappa shape index (κ1) is 18.8. The Morgan fingerprint density at radius 1 is 1.40 bits per heavy atom. The first-order valence-electron chi connectivity index (χ1n) is 7.57. The molecule has 0 aliphatic carbocycles. The Kier molecular flexibility index (Phi) is 5.34. The van der Waals surface area contributed by atoms with Gasteiger partial charge in [-0.05, 0) is 31.9 Å². The van der Waals surface area contributed by atoms with Crippen LogP contribution in [0.1, 0.15) is 41.8 Å². The van der Waals surface area contributed by atoms with E-state index < -0.39 is 23.8 Å². The maximum Gasteiger partial charge on any atom is 0.417 e. The van der Waals surface area contributed by atoms with E-state index in [2.05, 4.69) is 9.97 Å². The molecular weight excluding hydrogens is 339 g/mol. The Morgan fingerprint density at radius 3 is 2.56 bits per heavy atom. The van der Waals surface area contributed by atoms with Crippen molar-refractivity contribution >= 4 is 6.09 Å². The number of aromatic nitrogens is 2. The van der Waals surface area contributed by atoms with E-state index in [1.165, 1.54) is 0 Å². The van der Waals surface area contributed by atoms with E-state index in [9.17, 15) is 18.0 Å². The van der Waals surface area contributed by atoms with Crippen molar-refractivity contribution in [1.82, 2.24) is 9.97 Å². The van der Waals surface area contributed by atoms with Crippen molar-refractivity contribution in [3.63, 3.8) is 0 Å². The van der Waals surface area contributed by atoms with Crippen molar-refractivity contribution in [3.8, 4) is 11.6 Å². The largest absolute Gasteiger partial charge is 0.449 e. The van der Waals surface area contributed by atoms with Gasteiger partial charge in [0.1, 0.15) is 18.1 Å². The molecule has 0 aromatic carbocycles. The smallest absolute Gasteiger partial charge is 0.417 e. The molecule has 0 aliphatic heterocycles. The van der Waals surface area contributed by atoms with Gasteiger partial charge in [-0.15, -0.1) is 0 Å². The fourth-order valence-electron chi connectivity index (χ4n) is 2.31. The number of alkyl halides is 3. The zero-order valence-electron chi connectivity index (χ0n) is 14.0. The summed E-state index contributed by atoms with van der Waals surface area (Å²) in [5, 5.41) is 0. The number of amides is 1. The van der Waals surface area contributed by atoms with Crippen molar-refractivity contribution in [3.05, 3.63) is 34.8 Å². The van der Waals surface area contributed by atoms with Gasteiger partial charge < -0.3 is 14.9 Å². The summed E-state index contributed by atoms with van der Waals surface area (Å²) in [6, 6.07) is 0.982. The van der Waals surface area contributed by atoms with E-state index in [0.29, 0.717) is 17.9 Å². The fraction of sp³-hybridized carbons (Fsp3) is 0.438. The van der Waals surface area contributed by atoms with Crippen LogP contribution in [0.15, 0.2) is 16.7 Å². The van der Waals surface area contributed by atoms with Crippen molar-refractivity contribution in [1.29, 1.82) is 0 Å². The number of aryl methyl sites for hydroxylation is 2. The first-order chi connectivity index (χ1) is 11.6. The van der Waals surface area contributed by atoms with Crippen LogP contribution in [0.2, 0.25) is 0 Å². The molecule has 0 spiro atoms. The minimum absolute atomic E-state index is 0.122. The van der Waals surface area contributed by atoms with Gasteiger partial charge in [0, 0.05) is 12.1 Å². The van der Waals surface area contributed by atoms with Gasteiger partial charge in [-0.25, -0.2) is 9.78 Å². The lowest BCUT2D eigenvalue weighted by molar-refractivity contribution is -0.137. The maximum absolute atomic E-state index is 13.1. The van der Waals surface area contributed by atoms with Crippen molar-refractivity contribution < 1.29 is 27.1 Å². The molecule has 0 saturated carbocycles. The number of pyridine rings is 1. The number of hydrogen-bond donors (Lipinski definition) is 1. The summed E-state index contributed by atoms with van der Waals surface area (Å²) in [6.45, 7) is 5.01. The van der Waals surface area contributed by atoms with Crippen LogP contribution in [0, 0.1) is 13.8 Å². The molecule has 6 nitrogen and oxygen atoms in total. The molecule has 2 aromatic heterocycles. The molecule has 0 bridgehead atoms. The normalized spacial score (nSPS) is 12.9. The van der Waals surface area contributed by atoms with E-state index in [1.807, 2.05) is 0 Å². The molecule has 0 fully saturated rings. The maximum atomic E-state index is 13.1. The molecule has 2 heterocycles. The molecule has 2 rings (SSSR count). The second-order valence-corrected chi connectivity index (χ2v) is 5.56. The fourth-order valence-corrected chi connectivity index (χ4v) is 2.31. The number of carbonyl (C=O) groups excluding carboxylic acids is 1. The number of hydrogen-bond acceptors (Lipinski definition) is 5. The predicted octanol–water partition coefficient (Wildman–Crippen LogP) is 3.96. The zero-order valence-corrected chi connectivity index (χ0v) is 14.0. The van der Waals surface area contributed by atoms with Crippen LogP contribution in [0.25, 0.3) is 11.6 Å². The van der Waals surface area contributed by atoms with Crippen LogP contribution in [-0.4, -0.2) is 22.7 Å². The van der Waals surface area contributed by atoms with Crippen molar-refractivity contribution in [2.75, 3.05) is 6.61 Å². The van der Waals surface area contributed by atoms with Gasteiger partial charge in [0.25, 0.3) is 0 Å². The Bertz CT molecular complexity index is 752. The Balaban J connectivity index is 2.56. The Labute approximate surface area is 142 Å². The highest BCUT2D eigenvalue weighted by Gasteiger charge is 2.33. The minimum atomic E-state index is -4.55. The highest BCUT2D eigenvalue weighted by Crippen LogP contribution is 2.36. The molecule has 0 radical (unpaired) electrons. The molecule has 136 valence electrons. The van der Waals surface area contributed by atoms with Crippen LogP contribution < -0.4 is 5.73 Å². The number of halogens is 3. The molecule has 9 heteroatoms. The first-order valence-corrected chi connectivity index (χ1v) is 7.57. The molecule has 1 unspecified atom stereocenters. The van der Waals surface area contributed by atoms with E-state index in [1.54, 1.807) is 20.8 Å². The molecular formula is C16H18F3N3O3. The van der Waals surface area contributed by atoms with Crippen molar-refractivity contribution in [2.45, 2.75) is 39.3 Å². The number of nitrogens with two attached hydrogens (primary N) is 1. The summed E-state index contributed by atoms with van der Waals surface area (Å²) in [5.74, 6) is 0.130. The van der Waals surface area contributed by atoms with Gasteiger partial charge in [-0.1, -0.05) is 6.92 Å². The quantitative estimate of drug-likeness (QED) is 0.874. The topological polar surface area (TPSA) is 91.2 Å². The van der Waals surface area contributed by atoms with E-state index >= 15 is 0 Å². The van der Waals surface area contributed by atoms with Crippen LogP contribution in [0.4, 0.5) is 18.0 Å². The molecule has 1 amide bonds. The molecule has 2 aromatic rings.